The second kappa shape index (κ2) is 9.00. The first-order valence-electron chi connectivity index (χ1n) is 7.75. The molecular weight excluding hydrogens is 268 g/mol. The highest BCUT2D eigenvalue weighted by molar-refractivity contribution is 5.89. The predicted octanol–water partition coefficient (Wildman–Crippen LogP) is -0.145. The Morgan fingerprint density at radius 1 is 1.05 bits per heavy atom. The number of nitrogens with one attached hydrogen (secondary N) is 1. The minimum atomic E-state index is -0.170. The SMILES string of the molecule is CN(C)CCCN(CCCN(C)C)C(=O)C1CNC(=O)C1. The highest BCUT2D eigenvalue weighted by Crippen LogP contribution is 2.13. The van der Waals surface area contributed by atoms with Gasteiger partial charge in [0, 0.05) is 26.1 Å². The summed E-state index contributed by atoms with van der Waals surface area (Å²) < 4.78 is 0. The third-order valence-corrected chi connectivity index (χ3v) is 3.71. The van der Waals surface area contributed by atoms with E-state index < -0.39 is 0 Å². The maximum atomic E-state index is 12.5. The quantitative estimate of drug-likeness (QED) is 0.643. The van der Waals surface area contributed by atoms with Crippen molar-refractivity contribution in [1.82, 2.24) is 20.0 Å². The van der Waals surface area contributed by atoms with E-state index in [1.165, 1.54) is 0 Å². The summed E-state index contributed by atoms with van der Waals surface area (Å²) >= 11 is 0. The molecule has 0 aromatic carbocycles. The van der Waals surface area contributed by atoms with E-state index in [1.54, 1.807) is 0 Å². The topological polar surface area (TPSA) is 55.9 Å². The van der Waals surface area contributed by atoms with Gasteiger partial charge in [0.1, 0.15) is 0 Å². The molecule has 2 amide bonds. The maximum Gasteiger partial charge on any atom is 0.227 e. The van der Waals surface area contributed by atoms with Gasteiger partial charge in [0.15, 0.2) is 0 Å². The van der Waals surface area contributed by atoms with Crippen LogP contribution in [-0.4, -0.2) is 87.4 Å². The Morgan fingerprint density at radius 2 is 1.57 bits per heavy atom. The summed E-state index contributed by atoms with van der Waals surface area (Å²) in [6.07, 6.45) is 2.28. The molecule has 1 fully saturated rings. The first kappa shape index (κ1) is 17.9. The fourth-order valence-electron chi connectivity index (χ4n) is 2.53. The second-order valence-electron chi connectivity index (χ2n) is 6.34. The molecule has 1 N–H and O–H groups in total. The molecule has 1 rings (SSSR count). The number of rotatable bonds is 9. The van der Waals surface area contributed by atoms with Crippen molar-refractivity contribution in [2.75, 3.05) is 60.9 Å². The van der Waals surface area contributed by atoms with Gasteiger partial charge in [-0.25, -0.2) is 0 Å². The lowest BCUT2D eigenvalue weighted by Crippen LogP contribution is -2.40. The molecule has 122 valence electrons. The summed E-state index contributed by atoms with van der Waals surface area (Å²) in [4.78, 5) is 30.0. The van der Waals surface area contributed by atoms with Crippen LogP contribution >= 0.6 is 0 Å². The molecule has 0 bridgehead atoms. The zero-order valence-corrected chi connectivity index (χ0v) is 13.9. The molecule has 1 atom stereocenters. The van der Waals surface area contributed by atoms with Gasteiger partial charge in [-0.05, 0) is 54.1 Å². The van der Waals surface area contributed by atoms with Crippen molar-refractivity contribution in [1.29, 1.82) is 0 Å². The molecule has 0 radical (unpaired) electrons. The van der Waals surface area contributed by atoms with Crippen LogP contribution in [-0.2, 0) is 9.59 Å². The van der Waals surface area contributed by atoms with Gasteiger partial charge < -0.3 is 20.0 Å². The summed E-state index contributed by atoms with van der Waals surface area (Å²) in [6, 6.07) is 0. The van der Waals surface area contributed by atoms with Crippen LogP contribution in [0.3, 0.4) is 0 Å². The van der Waals surface area contributed by atoms with Gasteiger partial charge in [0.05, 0.1) is 5.92 Å². The minimum Gasteiger partial charge on any atom is -0.355 e. The molecule has 21 heavy (non-hydrogen) atoms. The monoisotopic (exact) mass is 298 g/mol. The van der Waals surface area contributed by atoms with Crippen molar-refractivity contribution in [3.8, 4) is 0 Å². The van der Waals surface area contributed by atoms with E-state index >= 15 is 0 Å². The maximum absolute atomic E-state index is 12.5. The fraction of sp³-hybridized carbons (Fsp3) is 0.867. The third-order valence-electron chi connectivity index (χ3n) is 3.71. The molecule has 0 spiro atoms. The van der Waals surface area contributed by atoms with Crippen LogP contribution in [0.4, 0.5) is 0 Å². The van der Waals surface area contributed by atoms with Crippen molar-refractivity contribution in [2.45, 2.75) is 19.3 Å². The molecular formula is C15H30N4O2. The van der Waals surface area contributed by atoms with Gasteiger partial charge in [0.25, 0.3) is 0 Å². The smallest absolute Gasteiger partial charge is 0.227 e. The van der Waals surface area contributed by atoms with E-state index in [0.717, 1.165) is 39.0 Å². The Balaban J connectivity index is 2.48. The molecule has 6 heteroatoms. The second-order valence-corrected chi connectivity index (χ2v) is 6.34. The molecule has 0 aliphatic carbocycles. The number of nitrogens with zero attached hydrogens (tertiary/aromatic N) is 3. The van der Waals surface area contributed by atoms with Gasteiger partial charge in [-0.3, -0.25) is 9.59 Å². The van der Waals surface area contributed by atoms with Gasteiger partial charge >= 0.3 is 0 Å². The van der Waals surface area contributed by atoms with Crippen molar-refractivity contribution >= 4 is 11.8 Å². The van der Waals surface area contributed by atoms with E-state index in [-0.39, 0.29) is 17.7 Å². The average Bonchev–Trinajstić information content (AvgIpc) is 2.82. The van der Waals surface area contributed by atoms with E-state index in [2.05, 4.69) is 15.1 Å². The van der Waals surface area contributed by atoms with Gasteiger partial charge in [-0.15, -0.1) is 0 Å². The Hall–Kier alpha value is -1.14. The molecule has 1 unspecified atom stereocenters. The van der Waals surface area contributed by atoms with E-state index in [9.17, 15) is 9.59 Å². The van der Waals surface area contributed by atoms with E-state index in [4.69, 9.17) is 0 Å². The van der Waals surface area contributed by atoms with Crippen LogP contribution in [0.15, 0.2) is 0 Å². The van der Waals surface area contributed by atoms with E-state index in [0.29, 0.717) is 13.0 Å². The molecule has 0 aromatic rings. The van der Waals surface area contributed by atoms with Crippen molar-refractivity contribution in [2.24, 2.45) is 5.92 Å². The minimum absolute atomic E-state index is 0.00474. The highest BCUT2D eigenvalue weighted by Gasteiger charge is 2.30. The number of hydrogen-bond donors (Lipinski definition) is 1. The first-order chi connectivity index (χ1) is 9.90. The van der Waals surface area contributed by atoms with Crippen molar-refractivity contribution in [3.05, 3.63) is 0 Å². The van der Waals surface area contributed by atoms with Crippen molar-refractivity contribution in [3.63, 3.8) is 0 Å². The van der Waals surface area contributed by atoms with Crippen molar-refractivity contribution < 1.29 is 9.59 Å². The summed E-state index contributed by atoms with van der Waals surface area (Å²) in [7, 11) is 8.16. The number of carbonyl (C=O) groups excluding carboxylic acids is 2. The lowest BCUT2D eigenvalue weighted by molar-refractivity contribution is -0.136. The Morgan fingerprint density at radius 3 is 1.95 bits per heavy atom. The van der Waals surface area contributed by atoms with Gasteiger partial charge in [-0.2, -0.15) is 0 Å². The summed E-state index contributed by atoms with van der Waals surface area (Å²) in [5, 5.41) is 2.75. The largest absolute Gasteiger partial charge is 0.355 e. The Labute approximate surface area is 128 Å². The zero-order valence-electron chi connectivity index (χ0n) is 13.9. The zero-order chi connectivity index (χ0) is 15.8. The molecule has 1 aliphatic rings. The molecule has 0 saturated carbocycles. The lowest BCUT2D eigenvalue weighted by Gasteiger charge is -2.26. The number of hydrogen-bond acceptors (Lipinski definition) is 4. The van der Waals surface area contributed by atoms with Crippen LogP contribution in [0.1, 0.15) is 19.3 Å². The van der Waals surface area contributed by atoms with Crippen LogP contribution in [0.5, 0.6) is 0 Å². The number of amides is 2. The Bertz CT molecular complexity index is 331. The number of carbonyl (C=O) groups is 2. The molecule has 6 nitrogen and oxygen atoms in total. The van der Waals surface area contributed by atoms with Gasteiger partial charge in [-0.1, -0.05) is 0 Å². The van der Waals surface area contributed by atoms with Gasteiger partial charge in [0.2, 0.25) is 11.8 Å². The Kier molecular flexibility index (Phi) is 7.67. The summed E-state index contributed by atoms with van der Waals surface area (Å²) in [6.45, 7) is 3.98. The first-order valence-corrected chi connectivity index (χ1v) is 7.75. The van der Waals surface area contributed by atoms with Crippen LogP contribution in [0.25, 0.3) is 0 Å². The third kappa shape index (κ3) is 6.91. The molecule has 1 heterocycles. The van der Waals surface area contributed by atoms with E-state index in [1.807, 2.05) is 33.1 Å². The summed E-state index contributed by atoms with van der Waals surface area (Å²) in [5.74, 6) is -0.0445. The van der Waals surface area contributed by atoms with Crippen LogP contribution in [0, 0.1) is 5.92 Å². The molecule has 1 saturated heterocycles. The fourth-order valence-corrected chi connectivity index (χ4v) is 2.53. The summed E-state index contributed by atoms with van der Waals surface area (Å²) in [5.41, 5.74) is 0. The standard InChI is InChI=1S/C15H30N4O2/c1-17(2)7-5-9-19(10-6-8-18(3)4)15(21)13-11-14(20)16-12-13/h13H,5-12H2,1-4H3,(H,16,20). The highest BCUT2D eigenvalue weighted by atomic mass is 16.2. The lowest BCUT2D eigenvalue weighted by atomic mass is 10.1. The predicted molar refractivity (Wildman–Crippen MR) is 84.0 cm³/mol. The molecule has 0 aromatic heterocycles. The normalized spacial score (nSPS) is 18.4. The van der Waals surface area contributed by atoms with Crippen LogP contribution in [0.2, 0.25) is 0 Å². The average molecular weight is 298 g/mol. The van der Waals surface area contributed by atoms with Crippen LogP contribution < -0.4 is 5.32 Å². The molecule has 1 aliphatic heterocycles.